The molecule has 1 N–H and O–H groups in total. The molecule has 0 saturated carbocycles. The third-order valence-electron chi connectivity index (χ3n) is 4.17. The van der Waals surface area contributed by atoms with E-state index < -0.39 is 0 Å². The first-order valence-corrected chi connectivity index (χ1v) is 8.17. The molecule has 0 aromatic heterocycles. The Morgan fingerprint density at radius 3 is 2.17 bits per heavy atom. The molecule has 0 fully saturated rings. The van der Waals surface area contributed by atoms with Crippen LogP contribution in [0.5, 0.6) is 0 Å². The van der Waals surface area contributed by atoms with Crippen LogP contribution in [0.4, 0.5) is 0 Å². The quantitative estimate of drug-likeness (QED) is 0.687. The Morgan fingerprint density at radius 2 is 1.50 bits per heavy atom. The Bertz CT molecular complexity index is 888. The third kappa shape index (κ3) is 2.93. The van der Waals surface area contributed by atoms with Gasteiger partial charge in [0, 0.05) is 23.2 Å². The lowest BCUT2D eigenvalue weighted by atomic mass is 9.90. The second-order valence-electron chi connectivity index (χ2n) is 5.59. The van der Waals surface area contributed by atoms with Crippen LogP contribution in [-0.4, -0.2) is 13.0 Å². The van der Waals surface area contributed by atoms with Gasteiger partial charge >= 0.3 is 0 Å². The van der Waals surface area contributed by atoms with Gasteiger partial charge in [-0.2, -0.15) is 0 Å². The monoisotopic (exact) mass is 335 g/mol. The molecule has 3 aromatic rings. The first-order valence-electron chi connectivity index (χ1n) is 7.79. The number of carbonyl (C=O) groups excluding carboxylic acids is 1. The van der Waals surface area contributed by atoms with Crippen molar-refractivity contribution in [3.8, 4) is 22.3 Å². The maximum atomic E-state index is 12.1. The number of benzene rings is 3. The zero-order valence-electron chi connectivity index (χ0n) is 13.6. The minimum Gasteiger partial charge on any atom is -0.355 e. The first-order chi connectivity index (χ1) is 11.6. The molecule has 0 bridgehead atoms. The first kappa shape index (κ1) is 16.3. The summed E-state index contributed by atoms with van der Waals surface area (Å²) in [6.07, 6.45) is 0. The summed E-state index contributed by atoms with van der Waals surface area (Å²) in [6.45, 7) is 1.94. The van der Waals surface area contributed by atoms with Crippen LogP contribution in [0, 0.1) is 6.92 Å². The van der Waals surface area contributed by atoms with Gasteiger partial charge in [0.1, 0.15) is 0 Å². The van der Waals surface area contributed by atoms with E-state index in [0.717, 1.165) is 27.8 Å². The Labute approximate surface area is 147 Å². The van der Waals surface area contributed by atoms with Crippen molar-refractivity contribution in [1.29, 1.82) is 0 Å². The molecule has 0 aliphatic carbocycles. The molecule has 0 saturated heterocycles. The third-order valence-corrected chi connectivity index (χ3v) is 4.48. The van der Waals surface area contributed by atoms with Gasteiger partial charge in [0.25, 0.3) is 5.91 Å². The van der Waals surface area contributed by atoms with Crippen LogP contribution >= 0.6 is 11.6 Å². The molecule has 3 rings (SSSR count). The van der Waals surface area contributed by atoms with Crippen LogP contribution in [0.25, 0.3) is 22.3 Å². The van der Waals surface area contributed by atoms with Crippen LogP contribution in [-0.2, 0) is 0 Å². The van der Waals surface area contributed by atoms with Crippen molar-refractivity contribution in [2.24, 2.45) is 0 Å². The number of rotatable bonds is 3. The molecule has 120 valence electrons. The van der Waals surface area contributed by atoms with Crippen molar-refractivity contribution in [1.82, 2.24) is 5.32 Å². The topological polar surface area (TPSA) is 29.1 Å². The molecule has 1 amide bonds. The van der Waals surface area contributed by atoms with Crippen LogP contribution in [0.15, 0.2) is 66.7 Å². The number of amides is 1. The smallest absolute Gasteiger partial charge is 0.251 e. The van der Waals surface area contributed by atoms with E-state index in [1.807, 2.05) is 43.3 Å². The summed E-state index contributed by atoms with van der Waals surface area (Å²) in [5.74, 6) is -0.109. The Kier molecular flexibility index (Phi) is 4.68. The standard InChI is InChI=1S/C21H18ClNO/c1-14-16(21(24)23-2)12-13-19(22)20(14)18-11-7-6-10-17(18)15-8-4-3-5-9-15/h3-13H,1-2H3,(H,23,24). The number of hydrogen-bond donors (Lipinski definition) is 1. The molecule has 2 nitrogen and oxygen atoms in total. The van der Waals surface area contributed by atoms with Crippen molar-refractivity contribution in [2.45, 2.75) is 6.92 Å². The summed E-state index contributed by atoms with van der Waals surface area (Å²) < 4.78 is 0. The zero-order valence-corrected chi connectivity index (χ0v) is 14.4. The van der Waals surface area contributed by atoms with Gasteiger partial charge in [-0.1, -0.05) is 66.2 Å². The number of halogens is 1. The maximum Gasteiger partial charge on any atom is 0.251 e. The fourth-order valence-corrected chi connectivity index (χ4v) is 3.27. The highest BCUT2D eigenvalue weighted by Crippen LogP contribution is 2.39. The fourth-order valence-electron chi connectivity index (χ4n) is 2.96. The summed E-state index contributed by atoms with van der Waals surface area (Å²) in [7, 11) is 1.63. The maximum absolute atomic E-state index is 12.1. The fraction of sp³-hybridized carbons (Fsp3) is 0.0952. The van der Waals surface area contributed by atoms with Crippen LogP contribution in [0.1, 0.15) is 15.9 Å². The zero-order chi connectivity index (χ0) is 17.1. The summed E-state index contributed by atoms with van der Waals surface area (Å²) in [5.41, 5.74) is 5.66. The molecular formula is C21H18ClNO. The van der Waals surface area contributed by atoms with Crippen molar-refractivity contribution in [3.63, 3.8) is 0 Å². The lowest BCUT2D eigenvalue weighted by Gasteiger charge is -2.16. The Hall–Kier alpha value is -2.58. The van der Waals surface area contributed by atoms with Gasteiger partial charge < -0.3 is 5.32 Å². The van der Waals surface area contributed by atoms with Crippen molar-refractivity contribution in [2.75, 3.05) is 7.05 Å². The SMILES string of the molecule is CNC(=O)c1ccc(Cl)c(-c2ccccc2-c2ccccc2)c1C. The molecular weight excluding hydrogens is 318 g/mol. The van der Waals surface area contributed by atoms with Gasteiger partial charge in [-0.05, 0) is 41.3 Å². The van der Waals surface area contributed by atoms with E-state index in [1.54, 1.807) is 19.2 Å². The summed E-state index contributed by atoms with van der Waals surface area (Å²) in [5, 5.41) is 3.33. The van der Waals surface area contributed by atoms with Gasteiger partial charge in [-0.3, -0.25) is 4.79 Å². The Morgan fingerprint density at radius 1 is 0.875 bits per heavy atom. The molecule has 0 radical (unpaired) electrons. The van der Waals surface area contributed by atoms with E-state index in [4.69, 9.17) is 11.6 Å². The van der Waals surface area contributed by atoms with Crippen LogP contribution < -0.4 is 5.32 Å². The molecule has 0 aliphatic heterocycles. The van der Waals surface area contributed by atoms with E-state index in [1.165, 1.54) is 0 Å². The predicted molar refractivity (Wildman–Crippen MR) is 100 cm³/mol. The van der Waals surface area contributed by atoms with Gasteiger partial charge in [-0.15, -0.1) is 0 Å². The Balaban J connectivity index is 2.26. The molecule has 0 aliphatic rings. The van der Waals surface area contributed by atoms with E-state index in [0.29, 0.717) is 10.6 Å². The minimum atomic E-state index is -0.109. The van der Waals surface area contributed by atoms with E-state index in [2.05, 4.69) is 23.5 Å². The average Bonchev–Trinajstić information content (AvgIpc) is 2.62. The number of carbonyl (C=O) groups is 1. The number of nitrogens with one attached hydrogen (secondary N) is 1. The van der Waals surface area contributed by atoms with Gasteiger partial charge in [0.05, 0.1) is 0 Å². The van der Waals surface area contributed by atoms with Gasteiger partial charge in [0.15, 0.2) is 0 Å². The largest absolute Gasteiger partial charge is 0.355 e. The molecule has 0 atom stereocenters. The molecule has 0 heterocycles. The van der Waals surface area contributed by atoms with Crippen molar-refractivity contribution in [3.05, 3.63) is 82.9 Å². The van der Waals surface area contributed by atoms with Crippen molar-refractivity contribution >= 4 is 17.5 Å². The molecule has 3 aromatic carbocycles. The highest BCUT2D eigenvalue weighted by atomic mass is 35.5. The lowest BCUT2D eigenvalue weighted by Crippen LogP contribution is -2.19. The molecule has 0 spiro atoms. The molecule has 3 heteroatoms. The summed E-state index contributed by atoms with van der Waals surface area (Å²) >= 11 is 6.51. The second-order valence-corrected chi connectivity index (χ2v) is 5.99. The molecule has 0 unspecified atom stereocenters. The van der Waals surface area contributed by atoms with Crippen LogP contribution in [0.2, 0.25) is 5.02 Å². The van der Waals surface area contributed by atoms with E-state index in [9.17, 15) is 4.79 Å². The lowest BCUT2D eigenvalue weighted by molar-refractivity contribution is 0.0962. The number of hydrogen-bond acceptors (Lipinski definition) is 1. The normalized spacial score (nSPS) is 10.5. The average molecular weight is 336 g/mol. The van der Waals surface area contributed by atoms with Gasteiger partial charge in [-0.25, -0.2) is 0 Å². The van der Waals surface area contributed by atoms with Crippen molar-refractivity contribution < 1.29 is 4.79 Å². The predicted octanol–water partition coefficient (Wildman–Crippen LogP) is 5.34. The van der Waals surface area contributed by atoms with Crippen LogP contribution in [0.3, 0.4) is 0 Å². The minimum absolute atomic E-state index is 0.109. The summed E-state index contributed by atoms with van der Waals surface area (Å²) in [4.78, 5) is 12.1. The van der Waals surface area contributed by atoms with E-state index in [-0.39, 0.29) is 5.91 Å². The second kappa shape index (κ2) is 6.90. The van der Waals surface area contributed by atoms with E-state index >= 15 is 0 Å². The highest BCUT2D eigenvalue weighted by Gasteiger charge is 2.17. The highest BCUT2D eigenvalue weighted by molar-refractivity contribution is 6.34. The molecule has 24 heavy (non-hydrogen) atoms. The summed E-state index contributed by atoms with van der Waals surface area (Å²) in [6, 6.07) is 21.9. The van der Waals surface area contributed by atoms with Gasteiger partial charge in [0.2, 0.25) is 0 Å².